The van der Waals surface area contributed by atoms with Crippen molar-refractivity contribution in [2.45, 2.75) is 29.7 Å². The molecule has 4 aromatic carbocycles. The van der Waals surface area contributed by atoms with Crippen molar-refractivity contribution in [3.8, 4) is 17.2 Å². The minimum absolute atomic E-state index is 0.117. The van der Waals surface area contributed by atoms with Crippen LogP contribution in [0.4, 0.5) is 5.13 Å². The second kappa shape index (κ2) is 14.0. The second-order valence-electron chi connectivity index (χ2n) is 10.6. The molecule has 1 aromatic heterocycles. The highest BCUT2D eigenvalue weighted by molar-refractivity contribution is 9.10. The van der Waals surface area contributed by atoms with Crippen molar-refractivity contribution in [3.63, 3.8) is 0 Å². The van der Waals surface area contributed by atoms with Gasteiger partial charge in [0.25, 0.3) is 5.78 Å². The van der Waals surface area contributed by atoms with Crippen molar-refractivity contribution >= 4 is 61.6 Å². The number of methoxy groups -OCH3 is 1. The van der Waals surface area contributed by atoms with Gasteiger partial charge in [0.15, 0.2) is 15.8 Å². The fraction of sp³-hybridized carbons (Fsp3) is 0.143. The van der Waals surface area contributed by atoms with Crippen LogP contribution in [0.5, 0.6) is 17.2 Å². The van der Waals surface area contributed by atoms with E-state index in [1.165, 1.54) is 41.2 Å². The van der Waals surface area contributed by atoms with Gasteiger partial charge in [-0.2, -0.15) is 0 Å². The van der Waals surface area contributed by atoms with E-state index in [1.807, 2.05) is 61.5 Å². The first-order valence-corrected chi connectivity index (χ1v) is 17.0. The summed E-state index contributed by atoms with van der Waals surface area (Å²) in [6.45, 7) is 2.38. The molecule has 2 heterocycles. The first kappa shape index (κ1) is 32.3. The van der Waals surface area contributed by atoms with E-state index >= 15 is 0 Å². The third-order valence-corrected chi connectivity index (χ3v) is 10.4. The van der Waals surface area contributed by atoms with Crippen molar-refractivity contribution in [1.82, 2.24) is 10.2 Å². The fourth-order valence-electron chi connectivity index (χ4n) is 5.13. The fourth-order valence-corrected chi connectivity index (χ4v) is 7.41. The Morgan fingerprint density at radius 1 is 1.00 bits per heavy atom. The van der Waals surface area contributed by atoms with Crippen molar-refractivity contribution in [2.75, 3.05) is 12.0 Å². The summed E-state index contributed by atoms with van der Waals surface area (Å²) in [4.78, 5) is 28.6. The first-order chi connectivity index (χ1) is 22.7. The number of carbonyl (C=O) groups excluding carboxylic acids is 2. The maximum atomic E-state index is 13.7. The van der Waals surface area contributed by atoms with Gasteiger partial charge in [-0.15, -0.1) is 10.2 Å². The van der Waals surface area contributed by atoms with E-state index in [-0.39, 0.29) is 32.4 Å². The van der Waals surface area contributed by atoms with Crippen LogP contribution in [0, 0.1) is 6.92 Å². The standard InChI is InChI=1S/C35H28BrN3O6S2/c1-20-8-6-7-11-23(20)18-45-25-14-12-22(13-15-25)30(40)28-29(24-16-26(36)31(41)27(17-24)44-2)39(33(43)32(28)42)34-37-38-35(47-34)46-19-21-9-4-3-5-10-21/h3-17,29,40-41H,18-19H2,1-2H3/b30-28+. The van der Waals surface area contributed by atoms with Crippen molar-refractivity contribution in [3.05, 3.63) is 129 Å². The highest BCUT2D eigenvalue weighted by Gasteiger charge is 2.48. The number of ether oxygens (including phenoxy) is 2. The Labute approximate surface area is 287 Å². The molecular weight excluding hydrogens is 702 g/mol. The molecule has 47 heavy (non-hydrogen) atoms. The number of carbonyl (C=O) groups is 2. The van der Waals surface area contributed by atoms with E-state index in [0.717, 1.165) is 16.7 Å². The lowest BCUT2D eigenvalue weighted by atomic mass is 9.95. The number of Topliss-reactive ketones (excluding diaryl/α,β-unsaturated/α-hetero) is 1. The van der Waals surface area contributed by atoms with Gasteiger partial charge in [0.2, 0.25) is 5.13 Å². The number of rotatable bonds is 10. The summed E-state index contributed by atoms with van der Waals surface area (Å²) in [7, 11) is 1.39. The topological polar surface area (TPSA) is 122 Å². The van der Waals surface area contributed by atoms with Crippen LogP contribution in [0.1, 0.15) is 33.9 Å². The zero-order valence-corrected chi connectivity index (χ0v) is 28.4. The molecule has 0 aliphatic carbocycles. The molecule has 6 rings (SSSR count). The van der Waals surface area contributed by atoms with Gasteiger partial charge in [0.05, 0.1) is 23.2 Å². The molecular formula is C35H28BrN3O6S2. The van der Waals surface area contributed by atoms with E-state index in [4.69, 9.17) is 9.47 Å². The smallest absolute Gasteiger partial charge is 0.301 e. The monoisotopic (exact) mass is 729 g/mol. The zero-order chi connectivity index (χ0) is 33.1. The van der Waals surface area contributed by atoms with E-state index < -0.39 is 17.7 Å². The van der Waals surface area contributed by atoms with Gasteiger partial charge in [0.1, 0.15) is 18.1 Å². The Morgan fingerprint density at radius 3 is 2.45 bits per heavy atom. The van der Waals surface area contributed by atoms with Crippen molar-refractivity contribution in [1.29, 1.82) is 0 Å². The predicted octanol–water partition coefficient (Wildman–Crippen LogP) is 7.82. The molecule has 1 unspecified atom stereocenters. The number of nitrogens with zero attached hydrogens (tertiary/aromatic N) is 3. The summed E-state index contributed by atoms with van der Waals surface area (Å²) in [5.74, 6) is -0.935. The average Bonchev–Trinajstić information content (AvgIpc) is 3.66. The number of halogens is 1. The van der Waals surface area contributed by atoms with Crippen LogP contribution in [-0.4, -0.2) is 39.2 Å². The minimum atomic E-state index is -1.10. The highest BCUT2D eigenvalue weighted by atomic mass is 79.9. The molecule has 0 bridgehead atoms. The van der Waals surface area contributed by atoms with Crippen molar-refractivity contribution in [2.24, 2.45) is 0 Å². The maximum absolute atomic E-state index is 13.7. The molecule has 12 heteroatoms. The lowest BCUT2D eigenvalue weighted by molar-refractivity contribution is -0.132. The largest absolute Gasteiger partial charge is 0.507 e. The Kier molecular flexibility index (Phi) is 9.62. The van der Waals surface area contributed by atoms with Crippen LogP contribution in [-0.2, 0) is 21.9 Å². The second-order valence-corrected chi connectivity index (χ2v) is 13.6. The van der Waals surface area contributed by atoms with Crippen molar-refractivity contribution < 1.29 is 29.3 Å². The molecule has 1 aliphatic heterocycles. The van der Waals surface area contributed by atoms with Crippen LogP contribution < -0.4 is 14.4 Å². The molecule has 1 atom stereocenters. The highest BCUT2D eigenvalue weighted by Crippen LogP contribution is 2.47. The predicted molar refractivity (Wildman–Crippen MR) is 185 cm³/mol. The third-order valence-electron chi connectivity index (χ3n) is 7.62. The third kappa shape index (κ3) is 6.76. The van der Waals surface area contributed by atoms with E-state index in [9.17, 15) is 19.8 Å². The summed E-state index contributed by atoms with van der Waals surface area (Å²) in [5.41, 5.74) is 3.84. The number of anilines is 1. The number of ketones is 1. The van der Waals surface area contributed by atoms with Crippen LogP contribution in [0.15, 0.2) is 105 Å². The first-order valence-electron chi connectivity index (χ1n) is 14.4. The van der Waals surface area contributed by atoms with Crippen LogP contribution >= 0.6 is 39.0 Å². The lowest BCUT2D eigenvalue weighted by Crippen LogP contribution is -2.29. The Hall–Kier alpha value is -4.65. The SMILES string of the molecule is COc1cc(C2/C(=C(\O)c3ccc(OCc4ccccc4C)cc3)C(=O)C(=O)N2c2nnc(SCc3ccccc3)s2)cc(Br)c1O. The number of amides is 1. The number of hydrogen-bond acceptors (Lipinski definition) is 10. The van der Waals surface area contributed by atoms with Crippen LogP contribution in [0.3, 0.4) is 0 Å². The molecule has 5 aromatic rings. The Morgan fingerprint density at radius 2 is 1.72 bits per heavy atom. The van der Waals surface area contributed by atoms with Gasteiger partial charge >= 0.3 is 5.91 Å². The minimum Gasteiger partial charge on any atom is -0.507 e. The maximum Gasteiger partial charge on any atom is 0.301 e. The Bertz CT molecular complexity index is 1980. The molecule has 0 saturated carbocycles. The van der Waals surface area contributed by atoms with E-state index in [2.05, 4.69) is 26.1 Å². The molecule has 238 valence electrons. The molecule has 0 radical (unpaired) electrons. The summed E-state index contributed by atoms with van der Waals surface area (Å²) >= 11 is 5.97. The molecule has 1 amide bonds. The molecule has 0 spiro atoms. The summed E-state index contributed by atoms with van der Waals surface area (Å²) in [5, 5.41) is 30.9. The number of phenolic OH excluding ortho intramolecular Hbond substituents is 1. The number of hydrogen-bond donors (Lipinski definition) is 2. The molecule has 2 N–H and O–H groups in total. The number of phenols is 1. The van der Waals surface area contributed by atoms with Gasteiger partial charge in [-0.3, -0.25) is 14.5 Å². The summed E-state index contributed by atoms with van der Waals surface area (Å²) in [6.07, 6.45) is 0. The molecule has 1 aliphatic rings. The number of aromatic nitrogens is 2. The molecule has 9 nitrogen and oxygen atoms in total. The Balaban J connectivity index is 1.36. The number of aliphatic hydroxyl groups is 1. The molecule has 1 saturated heterocycles. The number of aryl methyl sites for hydroxylation is 1. The number of aliphatic hydroxyl groups excluding tert-OH is 1. The summed E-state index contributed by atoms with van der Waals surface area (Å²) in [6, 6.07) is 26.4. The normalized spacial score (nSPS) is 15.6. The number of thioether (sulfide) groups is 1. The zero-order valence-electron chi connectivity index (χ0n) is 25.2. The average molecular weight is 731 g/mol. The van der Waals surface area contributed by atoms with Gasteiger partial charge in [0, 0.05) is 11.3 Å². The summed E-state index contributed by atoms with van der Waals surface area (Å²) < 4.78 is 12.2. The number of benzene rings is 4. The van der Waals surface area contributed by atoms with Gasteiger partial charge in [-0.1, -0.05) is 77.7 Å². The quantitative estimate of drug-likeness (QED) is 0.0487. The van der Waals surface area contributed by atoms with Crippen LogP contribution in [0.2, 0.25) is 0 Å². The van der Waals surface area contributed by atoms with E-state index in [0.29, 0.717) is 33.6 Å². The van der Waals surface area contributed by atoms with Gasteiger partial charge in [-0.05, 0) is 81.5 Å². The van der Waals surface area contributed by atoms with Gasteiger partial charge in [-0.25, -0.2) is 0 Å². The van der Waals surface area contributed by atoms with Gasteiger partial charge < -0.3 is 19.7 Å². The number of aromatic hydroxyl groups is 1. The van der Waals surface area contributed by atoms with Crippen LogP contribution in [0.25, 0.3) is 5.76 Å². The lowest BCUT2D eigenvalue weighted by Gasteiger charge is -2.23. The van der Waals surface area contributed by atoms with E-state index in [1.54, 1.807) is 30.3 Å². The molecule has 1 fully saturated rings.